The molecule has 2 aromatic carbocycles. The van der Waals surface area contributed by atoms with Gasteiger partial charge in [0.2, 0.25) is 0 Å². The van der Waals surface area contributed by atoms with E-state index < -0.39 is 0 Å². The largest absolute Gasteiger partial charge is 0.493 e. The van der Waals surface area contributed by atoms with Gasteiger partial charge in [-0.2, -0.15) is 0 Å². The zero-order chi connectivity index (χ0) is 21.8. The van der Waals surface area contributed by atoms with Gasteiger partial charge in [-0.25, -0.2) is 0 Å². The summed E-state index contributed by atoms with van der Waals surface area (Å²) in [5.74, 6) is 0.575. The molecule has 0 spiro atoms. The lowest BCUT2D eigenvalue weighted by molar-refractivity contribution is -0.123. The molecule has 1 atom stereocenters. The molecule has 1 saturated heterocycles. The average molecular weight is 466 g/mol. The van der Waals surface area contributed by atoms with Crippen molar-refractivity contribution in [3.05, 3.63) is 62.5 Å². The van der Waals surface area contributed by atoms with E-state index in [0.29, 0.717) is 32.0 Å². The summed E-state index contributed by atoms with van der Waals surface area (Å²) in [6.07, 6.45) is 2.43. The summed E-state index contributed by atoms with van der Waals surface area (Å²) in [7, 11) is 1.53. The summed E-state index contributed by atoms with van der Waals surface area (Å²) in [6, 6.07) is 10.4. The molecule has 30 heavy (non-hydrogen) atoms. The van der Waals surface area contributed by atoms with Gasteiger partial charge in [0.05, 0.1) is 29.7 Å². The second-order valence-corrected chi connectivity index (χ2v) is 8.60. The van der Waals surface area contributed by atoms with E-state index in [2.05, 4.69) is 0 Å². The van der Waals surface area contributed by atoms with Gasteiger partial charge < -0.3 is 9.47 Å². The molecule has 0 N–H and O–H groups in total. The molecule has 0 radical (unpaired) electrons. The van der Waals surface area contributed by atoms with E-state index in [-0.39, 0.29) is 23.8 Å². The Hall–Kier alpha value is -2.15. The van der Waals surface area contributed by atoms with Crippen molar-refractivity contribution in [1.82, 2.24) is 4.90 Å². The number of nitrogens with zero attached hydrogens (tertiary/aromatic N) is 1. The number of methoxy groups -OCH3 is 1. The number of ether oxygens (including phenoxy) is 2. The van der Waals surface area contributed by atoms with Crippen molar-refractivity contribution in [2.75, 3.05) is 7.11 Å². The first-order chi connectivity index (χ1) is 14.3. The van der Waals surface area contributed by atoms with Crippen LogP contribution >= 0.6 is 35.0 Å². The lowest BCUT2D eigenvalue weighted by Gasteiger charge is -2.17. The van der Waals surface area contributed by atoms with Crippen LogP contribution in [0.15, 0.2) is 41.3 Å². The number of benzene rings is 2. The smallest absolute Gasteiger partial charge is 0.293 e. The summed E-state index contributed by atoms with van der Waals surface area (Å²) >= 11 is 13.2. The zero-order valence-electron chi connectivity index (χ0n) is 16.8. The maximum atomic E-state index is 12.8. The van der Waals surface area contributed by atoms with Gasteiger partial charge in [-0.05, 0) is 66.6 Å². The maximum Gasteiger partial charge on any atom is 0.293 e. The lowest BCUT2D eigenvalue weighted by atomic mass is 10.1. The number of hydrogen-bond acceptors (Lipinski definition) is 5. The molecular weight excluding hydrogens is 445 g/mol. The molecule has 0 aliphatic carbocycles. The van der Waals surface area contributed by atoms with E-state index in [1.54, 1.807) is 42.5 Å². The Morgan fingerprint density at radius 2 is 1.87 bits per heavy atom. The van der Waals surface area contributed by atoms with E-state index in [1.165, 1.54) is 12.0 Å². The van der Waals surface area contributed by atoms with Crippen molar-refractivity contribution in [3.8, 4) is 11.5 Å². The van der Waals surface area contributed by atoms with Crippen molar-refractivity contribution in [1.29, 1.82) is 0 Å². The Balaban J connectivity index is 1.84. The highest BCUT2D eigenvalue weighted by atomic mass is 35.5. The van der Waals surface area contributed by atoms with Crippen LogP contribution in [0.1, 0.15) is 31.4 Å². The van der Waals surface area contributed by atoms with Gasteiger partial charge in [0.15, 0.2) is 11.5 Å². The fraction of sp³-hybridized carbons (Fsp3) is 0.273. The molecule has 1 heterocycles. The van der Waals surface area contributed by atoms with Crippen molar-refractivity contribution >= 4 is 52.2 Å². The second kappa shape index (κ2) is 9.77. The summed E-state index contributed by atoms with van der Waals surface area (Å²) < 4.78 is 11.3. The van der Waals surface area contributed by atoms with Crippen LogP contribution in [0.4, 0.5) is 4.79 Å². The van der Waals surface area contributed by atoms with Gasteiger partial charge >= 0.3 is 0 Å². The molecular formula is C22H21Cl2NO4S. The molecule has 8 heteroatoms. The minimum atomic E-state index is -0.352. The molecule has 2 aromatic rings. The molecule has 2 amide bonds. The number of carbonyl (C=O) groups is 2. The number of imide groups is 1. The lowest BCUT2D eigenvalue weighted by Crippen LogP contribution is -2.27. The fourth-order valence-corrected chi connectivity index (χ4v) is 4.01. The first kappa shape index (κ1) is 22.5. The van der Waals surface area contributed by atoms with Crippen LogP contribution in [0.3, 0.4) is 0 Å². The van der Waals surface area contributed by atoms with Crippen LogP contribution in [0, 0.1) is 0 Å². The van der Waals surface area contributed by atoms with E-state index in [4.69, 9.17) is 32.7 Å². The van der Waals surface area contributed by atoms with Crippen LogP contribution in [0.2, 0.25) is 10.0 Å². The highest BCUT2D eigenvalue weighted by Crippen LogP contribution is 2.39. The third kappa shape index (κ3) is 5.12. The predicted molar refractivity (Wildman–Crippen MR) is 121 cm³/mol. The third-order valence-corrected chi connectivity index (χ3v) is 6.01. The predicted octanol–water partition coefficient (Wildman–Crippen LogP) is 6.42. The summed E-state index contributed by atoms with van der Waals surface area (Å²) in [5.41, 5.74) is 1.46. The van der Waals surface area contributed by atoms with Crippen molar-refractivity contribution in [2.45, 2.75) is 32.9 Å². The van der Waals surface area contributed by atoms with Gasteiger partial charge in [0.25, 0.3) is 11.1 Å². The molecule has 3 rings (SSSR count). The first-order valence-corrected chi connectivity index (χ1v) is 10.9. The standard InChI is InChI=1S/C22H21Cl2NO4S/c1-4-13(2)29-20-17(24)9-15(10-18(20)28-3)11-19-21(26)25(22(27)30-19)12-14-5-7-16(23)8-6-14/h5-11,13H,4,12H2,1-3H3/b19-11+/t13-/m0/s1. The number of carbonyl (C=O) groups excluding carboxylic acids is 2. The molecule has 1 fully saturated rings. The van der Waals surface area contributed by atoms with Gasteiger partial charge in [-0.3, -0.25) is 14.5 Å². The van der Waals surface area contributed by atoms with E-state index in [0.717, 1.165) is 23.7 Å². The summed E-state index contributed by atoms with van der Waals surface area (Å²) in [6.45, 7) is 4.14. The first-order valence-electron chi connectivity index (χ1n) is 9.36. The van der Waals surface area contributed by atoms with Gasteiger partial charge in [-0.15, -0.1) is 0 Å². The molecule has 0 unspecified atom stereocenters. The molecule has 0 saturated carbocycles. The number of hydrogen-bond donors (Lipinski definition) is 0. The van der Waals surface area contributed by atoms with E-state index in [9.17, 15) is 9.59 Å². The van der Waals surface area contributed by atoms with Crippen molar-refractivity contribution in [2.24, 2.45) is 0 Å². The van der Waals surface area contributed by atoms with Crippen LogP contribution < -0.4 is 9.47 Å². The molecule has 0 bridgehead atoms. The van der Waals surface area contributed by atoms with E-state index >= 15 is 0 Å². The Morgan fingerprint density at radius 1 is 1.17 bits per heavy atom. The number of halogens is 2. The van der Waals surface area contributed by atoms with Crippen molar-refractivity contribution in [3.63, 3.8) is 0 Å². The van der Waals surface area contributed by atoms with Gasteiger partial charge in [-0.1, -0.05) is 42.3 Å². The SMILES string of the molecule is CC[C@H](C)Oc1c(Cl)cc(/C=C2/SC(=O)N(Cc3ccc(Cl)cc3)C2=O)cc1OC. The monoisotopic (exact) mass is 465 g/mol. The van der Waals surface area contributed by atoms with Crippen LogP contribution in [0.25, 0.3) is 6.08 Å². The number of amides is 2. The Bertz CT molecular complexity index is 991. The molecule has 1 aliphatic rings. The molecule has 1 aliphatic heterocycles. The quantitative estimate of drug-likeness (QED) is 0.441. The van der Waals surface area contributed by atoms with Gasteiger partial charge in [0.1, 0.15) is 0 Å². The Kier molecular flexibility index (Phi) is 7.34. The summed E-state index contributed by atoms with van der Waals surface area (Å²) in [4.78, 5) is 26.7. The van der Waals surface area contributed by atoms with E-state index in [1.807, 2.05) is 13.8 Å². The topological polar surface area (TPSA) is 55.8 Å². The zero-order valence-corrected chi connectivity index (χ0v) is 19.1. The van der Waals surface area contributed by atoms with Crippen LogP contribution in [0.5, 0.6) is 11.5 Å². The minimum Gasteiger partial charge on any atom is -0.493 e. The summed E-state index contributed by atoms with van der Waals surface area (Å²) in [5, 5.41) is 0.650. The molecule has 5 nitrogen and oxygen atoms in total. The normalized spacial score (nSPS) is 16.3. The highest BCUT2D eigenvalue weighted by molar-refractivity contribution is 8.18. The minimum absolute atomic E-state index is 0.0217. The number of thioether (sulfide) groups is 1. The van der Waals surface area contributed by atoms with Crippen LogP contribution in [-0.4, -0.2) is 29.3 Å². The average Bonchev–Trinajstić information content (AvgIpc) is 2.98. The van der Waals surface area contributed by atoms with Crippen molar-refractivity contribution < 1.29 is 19.1 Å². The van der Waals surface area contributed by atoms with Crippen LogP contribution in [-0.2, 0) is 11.3 Å². The molecule has 0 aromatic heterocycles. The molecule has 158 valence electrons. The van der Waals surface area contributed by atoms with Gasteiger partial charge in [0, 0.05) is 5.02 Å². The Labute approximate surface area is 189 Å². The highest BCUT2D eigenvalue weighted by Gasteiger charge is 2.35. The maximum absolute atomic E-state index is 12.8. The second-order valence-electron chi connectivity index (χ2n) is 6.77. The number of rotatable bonds is 7. The fourth-order valence-electron chi connectivity index (χ4n) is 2.78. The Morgan fingerprint density at radius 3 is 2.50 bits per heavy atom. The third-order valence-electron chi connectivity index (χ3n) is 4.57.